The van der Waals surface area contributed by atoms with Crippen LogP contribution in [0.1, 0.15) is 32.1 Å². The molecule has 2 N–H and O–H groups in total. The summed E-state index contributed by atoms with van der Waals surface area (Å²) in [6.07, 6.45) is 9.95. The zero-order chi connectivity index (χ0) is 29.8. The molecule has 1 aromatic heterocycles. The first kappa shape index (κ1) is 29.7. The van der Waals surface area contributed by atoms with Gasteiger partial charge in [0.2, 0.25) is 5.91 Å². The zero-order valence-electron chi connectivity index (χ0n) is 23.6. The third-order valence-electron chi connectivity index (χ3n) is 7.76. The second-order valence-electron chi connectivity index (χ2n) is 11.1. The predicted molar refractivity (Wildman–Crippen MR) is 167 cm³/mol. The Morgan fingerprint density at radius 3 is 2.74 bits per heavy atom. The van der Waals surface area contributed by atoms with E-state index in [1.807, 2.05) is 6.08 Å². The minimum absolute atomic E-state index is 0.00205. The topological polar surface area (TPSA) is 106 Å². The summed E-state index contributed by atoms with van der Waals surface area (Å²) in [6.45, 7) is 3.62. The van der Waals surface area contributed by atoms with Gasteiger partial charge in [0.15, 0.2) is 0 Å². The second kappa shape index (κ2) is 13.5. The SMILES string of the molecule is O=C(/C=C/CN1CCC(SC2CCOC2=O)CC1)Nc1cc2c(Nc3ccc(F)c(Cl)c3)ncnc2cc1OCC1CC1. The number of ether oxygens (including phenoxy) is 2. The first-order valence-corrected chi connectivity index (χ1v) is 15.9. The van der Waals surface area contributed by atoms with Gasteiger partial charge in [-0.3, -0.25) is 14.5 Å². The van der Waals surface area contributed by atoms with Crippen molar-refractivity contribution < 1.29 is 23.5 Å². The van der Waals surface area contributed by atoms with Gasteiger partial charge in [-0.1, -0.05) is 17.7 Å². The maximum absolute atomic E-state index is 13.7. The van der Waals surface area contributed by atoms with E-state index in [1.165, 1.54) is 18.5 Å². The normalized spacial score (nSPS) is 19.6. The summed E-state index contributed by atoms with van der Waals surface area (Å²) in [7, 11) is 0. The van der Waals surface area contributed by atoms with Crippen LogP contribution < -0.4 is 15.4 Å². The van der Waals surface area contributed by atoms with E-state index in [9.17, 15) is 14.0 Å². The Labute approximate surface area is 258 Å². The van der Waals surface area contributed by atoms with Gasteiger partial charge in [0.1, 0.15) is 29.0 Å². The van der Waals surface area contributed by atoms with Crippen molar-refractivity contribution in [1.29, 1.82) is 0 Å². The fourth-order valence-electron chi connectivity index (χ4n) is 5.15. The number of carbonyl (C=O) groups excluding carboxylic acids is 2. The van der Waals surface area contributed by atoms with Crippen molar-refractivity contribution in [2.45, 2.75) is 42.6 Å². The van der Waals surface area contributed by atoms with Crippen molar-refractivity contribution in [2.24, 2.45) is 5.92 Å². The number of piperidine rings is 1. The van der Waals surface area contributed by atoms with Crippen molar-refractivity contribution in [3.05, 3.63) is 59.7 Å². The lowest BCUT2D eigenvalue weighted by molar-refractivity contribution is -0.137. The summed E-state index contributed by atoms with van der Waals surface area (Å²) >= 11 is 7.72. The third-order valence-corrected chi connectivity index (χ3v) is 9.66. The highest BCUT2D eigenvalue weighted by molar-refractivity contribution is 8.01. The van der Waals surface area contributed by atoms with Crippen LogP contribution in [0.3, 0.4) is 0 Å². The number of nitrogens with zero attached hydrogens (tertiary/aromatic N) is 3. The van der Waals surface area contributed by atoms with Crippen LogP contribution in [0.15, 0.2) is 48.8 Å². The standard InChI is InChI=1S/C31H33ClFN5O4S/c32-23-14-20(5-6-24(23)33)36-30-22-15-26(27(42-17-19-3-4-19)16-25(22)34-18-35-30)37-29(39)2-1-10-38-11-7-21(8-12-38)43-28-9-13-41-31(28)40/h1-2,5-6,14-16,18-19,21,28H,3-4,7-13,17H2,(H,37,39)(H,34,35,36)/b2-1+. The summed E-state index contributed by atoms with van der Waals surface area (Å²) in [4.78, 5) is 35.9. The lowest BCUT2D eigenvalue weighted by Gasteiger charge is -2.31. The Bertz CT molecular complexity index is 1530. The highest BCUT2D eigenvalue weighted by Crippen LogP contribution is 2.36. The molecule has 1 amide bonds. The fourth-order valence-corrected chi connectivity index (χ4v) is 6.69. The molecule has 3 fully saturated rings. The number of benzene rings is 2. The minimum Gasteiger partial charge on any atom is -0.491 e. The molecule has 1 aliphatic carbocycles. The van der Waals surface area contributed by atoms with Gasteiger partial charge in [-0.25, -0.2) is 14.4 Å². The van der Waals surface area contributed by atoms with Crippen LogP contribution in [0.2, 0.25) is 5.02 Å². The van der Waals surface area contributed by atoms with E-state index in [1.54, 1.807) is 36.0 Å². The summed E-state index contributed by atoms with van der Waals surface area (Å²) in [5, 5.41) is 7.24. The predicted octanol–water partition coefficient (Wildman–Crippen LogP) is 5.96. The lowest BCUT2D eigenvalue weighted by Crippen LogP contribution is -2.35. The molecule has 9 nitrogen and oxygen atoms in total. The van der Waals surface area contributed by atoms with E-state index in [0.717, 1.165) is 45.2 Å². The van der Waals surface area contributed by atoms with Crippen molar-refractivity contribution >= 4 is 63.3 Å². The fraction of sp³-hybridized carbons (Fsp3) is 0.419. The molecule has 0 radical (unpaired) electrons. The van der Waals surface area contributed by atoms with Gasteiger partial charge in [-0.2, -0.15) is 0 Å². The number of thioether (sulfide) groups is 1. The van der Waals surface area contributed by atoms with E-state index in [4.69, 9.17) is 21.1 Å². The number of amides is 1. The number of aromatic nitrogens is 2. The molecule has 2 aromatic carbocycles. The van der Waals surface area contributed by atoms with E-state index < -0.39 is 5.82 Å². The molecule has 2 aliphatic heterocycles. The Morgan fingerprint density at radius 2 is 2.00 bits per heavy atom. The second-order valence-corrected chi connectivity index (χ2v) is 13.0. The molecule has 226 valence electrons. The summed E-state index contributed by atoms with van der Waals surface area (Å²) < 4.78 is 24.9. The summed E-state index contributed by atoms with van der Waals surface area (Å²) in [6, 6.07) is 7.93. The zero-order valence-corrected chi connectivity index (χ0v) is 25.1. The van der Waals surface area contributed by atoms with Gasteiger partial charge in [0.25, 0.3) is 0 Å². The van der Waals surface area contributed by atoms with Gasteiger partial charge in [0, 0.05) is 41.4 Å². The molecule has 3 aromatic rings. The largest absolute Gasteiger partial charge is 0.491 e. The minimum atomic E-state index is -0.508. The van der Waals surface area contributed by atoms with Crippen LogP contribution in [-0.4, -0.2) is 70.1 Å². The summed E-state index contributed by atoms with van der Waals surface area (Å²) in [5.41, 5.74) is 1.72. The Hall–Kier alpha value is -3.41. The molecular formula is C31H33ClFN5O4S. The molecule has 3 aliphatic rings. The van der Waals surface area contributed by atoms with Gasteiger partial charge < -0.3 is 20.1 Å². The van der Waals surface area contributed by atoms with E-state index >= 15 is 0 Å². The number of esters is 1. The van der Waals surface area contributed by atoms with Crippen molar-refractivity contribution in [2.75, 3.05) is 43.5 Å². The van der Waals surface area contributed by atoms with Crippen molar-refractivity contribution in [3.8, 4) is 5.75 Å². The molecule has 1 unspecified atom stereocenters. The molecule has 0 spiro atoms. The van der Waals surface area contributed by atoms with E-state index in [2.05, 4.69) is 25.5 Å². The van der Waals surface area contributed by atoms with E-state index in [0.29, 0.717) is 64.8 Å². The molecule has 2 saturated heterocycles. The van der Waals surface area contributed by atoms with Crippen LogP contribution in [-0.2, 0) is 14.3 Å². The van der Waals surface area contributed by atoms with Crippen LogP contribution in [0, 0.1) is 11.7 Å². The average molecular weight is 626 g/mol. The smallest absolute Gasteiger partial charge is 0.319 e. The number of cyclic esters (lactones) is 1. The number of fused-ring (bicyclic) bond motifs is 1. The number of hydrogen-bond donors (Lipinski definition) is 2. The number of nitrogens with one attached hydrogen (secondary N) is 2. The van der Waals surface area contributed by atoms with Crippen molar-refractivity contribution in [3.63, 3.8) is 0 Å². The molecule has 0 bridgehead atoms. The Kier molecular flexibility index (Phi) is 9.30. The highest BCUT2D eigenvalue weighted by atomic mass is 35.5. The Balaban J connectivity index is 1.10. The quantitative estimate of drug-likeness (QED) is 0.197. The maximum Gasteiger partial charge on any atom is 0.319 e. The van der Waals surface area contributed by atoms with Gasteiger partial charge in [-0.15, -0.1) is 11.8 Å². The monoisotopic (exact) mass is 625 g/mol. The first-order valence-electron chi connectivity index (χ1n) is 14.6. The van der Waals surface area contributed by atoms with Crippen LogP contribution >= 0.6 is 23.4 Å². The highest BCUT2D eigenvalue weighted by Gasteiger charge is 2.31. The summed E-state index contributed by atoms with van der Waals surface area (Å²) in [5.74, 6) is 0.704. The molecule has 3 heterocycles. The van der Waals surface area contributed by atoms with Gasteiger partial charge in [0.05, 0.1) is 29.4 Å². The number of carbonyl (C=O) groups is 2. The van der Waals surface area contributed by atoms with Crippen LogP contribution in [0.5, 0.6) is 5.75 Å². The third kappa shape index (κ3) is 7.76. The molecule has 1 saturated carbocycles. The Morgan fingerprint density at radius 1 is 1.16 bits per heavy atom. The average Bonchev–Trinajstić information content (AvgIpc) is 3.75. The molecular weight excluding hydrogens is 593 g/mol. The molecule has 6 rings (SSSR count). The van der Waals surface area contributed by atoms with E-state index in [-0.39, 0.29) is 22.1 Å². The lowest BCUT2D eigenvalue weighted by atomic mass is 10.1. The number of likely N-dealkylation sites (tertiary alicyclic amines) is 1. The first-order chi connectivity index (χ1) is 20.9. The van der Waals surface area contributed by atoms with Crippen LogP contribution in [0.4, 0.5) is 21.6 Å². The van der Waals surface area contributed by atoms with Gasteiger partial charge in [-0.05, 0) is 69.0 Å². The maximum atomic E-state index is 13.7. The molecule has 1 atom stereocenters. The molecule has 43 heavy (non-hydrogen) atoms. The number of anilines is 3. The number of rotatable bonds is 11. The van der Waals surface area contributed by atoms with Crippen LogP contribution in [0.25, 0.3) is 10.9 Å². The van der Waals surface area contributed by atoms with Crippen molar-refractivity contribution in [1.82, 2.24) is 14.9 Å². The number of hydrogen-bond acceptors (Lipinski definition) is 9. The number of halogens is 2. The molecule has 12 heteroatoms. The van der Waals surface area contributed by atoms with Gasteiger partial charge >= 0.3 is 5.97 Å².